The van der Waals surface area contributed by atoms with Gasteiger partial charge in [0.1, 0.15) is 18.2 Å². The molecule has 27 heavy (non-hydrogen) atoms. The highest BCUT2D eigenvalue weighted by molar-refractivity contribution is 5.90. The molecular formula is C20H24F2N4O. The van der Waals surface area contributed by atoms with Crippen LogP contribution in [0.3, 0.4) is 0 Å². The summed E-state index contributed by atoms with van der Waals surface area (Å²) in [7, 11) is 0. The van der Waals surface area contributed by atoms with Gasteiger partial charge in [-0.05, 0) is 30.7 Å². The topological polar surface area (TPSA) is 31.3 Å². The van der Waals surface area contributed by atoms with Crippen molar-refractivity contribution in [2.45, 2.75) is 26.0 Å². The fraction of sp³-hybridized carbons (Fsp3) is 0.450. The Hall–Kier alpha value is -2.41. The Balaban J connectivity index is 1.45. The van der Waals surface area contributed by atoms with Gasteiger partial charge in [-0.25, -0.2) is 8.78 Å². The van der Waals surface area contributed by atoms with Crippen molar-refractivity contribution in [2.24, 2.45) is 4.99 Å². The molecule has 1 atom stereocenters. The third-order valence-corrected chi connectivity index (χ3v) is 5.24. The van der Waals surface area contributed by atoms with E-state index in [0.29, 0.717) is 23.3 Å². The van der Waals surface area contributed by atoms with Crippen molar-refractivity contribution in [3.63, 3.8) is 0 Å². The fourth-order valence-electron chi connectivity index (χ4n) is 3.95. The van der Waals surface area contributed by atoms with Gasteiger partial charge in [-0.1, -0.05) is 19.6 Å². The zero-order valence-corrected chi connectivity index (χ0v) is 15.5. The minimum atomic E-state index is -0.876. The lowest BCUT2D eigenvalue weighted by molar-refractivity contribution is 0.126. The van der Waals surface area contributed by atoms with Gasteiger partial charge in [-0.3, -0.25) is 4.90 Å². The molecule has 1 aromatic rings. The monoisotopic (exact) mass is 374 g/mol. The maximum absolute atomic E-state index is 13.4. The molecule has 2 fully saturated rings. The molecule has 1 aromatic carbocycles. The Morgan fingerprint density at radius 1 is 1.22 bits per heavy atom. The van der Waals surface area contributed by atoms with Crippen LogP contribution in [0.2, 0.25) is 0 Å². The second-order valence-corrected chi connectivity index (χ2v) is 7.16. The number of nitrogens with zero attached hydrogens (tertiary/aromatic N) is 4. The van der Waals surface area contributed by atoms with Crippen molar-refractivity contribution in [3.8, 4) is 0 Å². The van der Waals surface area contributed by atoms with Gasteiger partial charge in [-0.2, -0.15) is 4.99 Å². The van der Waals surface area contributed by atoms with Crippen LogP contribution < -0.4 is 0 Å². The third-order valence-electron chi connectivity index (χ3n) is 5.24. The Kier molecular flexibility index (Phi) is 4.86. The van der Waals surface area contributed by atoms with Gasteiger partial charge >= 0.3 is 0 Å². The molecular weight excluding hydrogens is 350 g/mol. The van der Waals surface area contributed by atoms with Gasteiger partial charge in [0.15, 0.2) is 11.6 Å². The van der Waals surface area contributed by atoms with E-state index in [1.807, 2.05) is 6.08 Å². The summed E-state index contributed by atoms with van der Waals surface area (Å²) in [6, 6.07) is 4.18. The summed E-state index contributed by atoms with van der Waals surface area (Å²) in [6.07, 6.45) is 3.08. The first-order valence-corrected chi connectivity index (χ1v) is 9.37. The molecule has 3 aliphatic heterocycles. The van der Waals surface area contributed by atoms with Crippen LogP contribution in [0, 0.1) is 11.6 Å². The maximum Gasteiger partial charge on any atom is 0.219 e. The van der Waals surface area contributed by atoms with Crippen molar-refractivity contribution >= 4 is 5.90 Å². The molecule has 3 aliphatic rings. The van der Waals surface area contributed by atoms with Crippen molar-refractivity contribution < 1.29 is 13.5 Å². The minimum absolute atomic E-state index is 0.126. The number of rotatable bonds is 4. The summed E-state index contributed by atoms with van der Waals surface area (Å²) < 4.78 is 32.1. The highest BCUT2D eigenvalue weighted by atomic mass is 19.2. The molecule has 0 aliphatic carbocycles. The maximum atomic E-state index is 13.4. The number of ether oxygens (including phenoxy) is 1. The first kappa shape index (κ1) is 18.0. The Bertz CT molecular complexity index is 807. The van der Waals surface area contributed by atoms with Gasteiger partial charge in [0, 0.05) is 32.3 Å². The smallest absolute Gasteiger partial charge is 0.219 e. The molecule has 2 saturated heterocycles. The van der Waals surface area contributed by atoms with E-state index in [0.717, 1.165) is 57.1 Å². The van der Waals surface area contributed by atoms with E-state index in [2.05, 4.69) is 33.2 Å². The van der Waals surface area contributed by atoms with E-state index >= 15 is 0 Å². The van der Waals surface area contributed by atoms with E-state index in [1.54, 1.807) is 0 Å². The van der Waals surface area contributed by atoms with Crippen molar-refractivity contribution in [2.75, 3.05) is 32.7 Å². The second kappa shape index (κ2) is 7.31. The standard InChI is InChI=1S/C20H24F2N4O/c1-3-6-24-7-8-25-16(11-24)12-26-14(2)23-19(10-20(25)26)27-13-15-4-5-17(21)18(22)9-15/h4-5,9-10,16H,2-3,6-8,11-13H2,1H3. The lowest BCUT2D eigenvalue weighted by Gasteiger charge is -2.38. The summed E-state index contributed by atoms with van der Waals surface area (Å²) in [5.41, 5.74) is 0.556. The first-order chi connectivity index (χ1) is 13.0. The first-order valence-electron chi connectivity index (χ1n) is 9.37. The molecule has 144 valence electrons. The Morgan fingerprint density at radius 3 is 2.85 bits per heavy atom. The molecule has 0 N–H and O–H groups in total. The molecule has 0 radical (unpaired) electrons. The molecule has 7 heteroatoms. The Morgan fingerprint density at radius 2 is 2.07 bits per heavy atom. The third kappa shape index (κ3) is 3.56. The molecule has 0 bridgehead atoms. The number of hydrogen-bond acceptors (Lipinski definition) is 5. The van der Waals surface area contributed by atoms with E-state index in [1.165, 1.54) is 6.07 Å². The van der Waals surface area contributed by atoms with Gasteiger partial charge in [0.2, 0.25) is 5.90 Å². The molecule has 0 amide bonds. The number of hydrogen-bond donors (Lipinski definition) is 0. The number of aliphatic imine (C=N–C) groups is 1. The molecule has 3 heterocycles. The second-order valence-electron chi connectivity index (χ2n) is 7.16. The van der Waals surface area contributed by atoms with Crippen molar-refractivity contribution in [1.29, 1.82) is 0 Å². The van der Waals surface area contributed by atoms with Crippen LogP contribution in [0.15, 0.2) is 47.5 Å². The van der Waals surface area contributed by atoms with E-state index in [9.17, 15) is 8.78 Å². The minimum Gasteiger partial charge on any atom is -0.473 e. The van der Waals surface area contributed by atoms with Crippen LogP contribution in [-0.2, 0) is 11.3 Å². The predicted molar refractivity (Wildman–Crippen MR) is 99.7 cm³/mol. The summed E-state index contributed by atoms with van der Waals surface area (Å²) in [4.78, 5) is 11.5. The van der Waals surface area contributed by atoms with Crippen LogP contribution in [0.5, 0.6) is 0 Å². The van der Waals surface area contributed by atoms with Crippen LogP contribution >= 0.6 is 0 Å². The summed E-state index contributed by atoms with van der Waals surface area (Å²) in [5.74, 6) is 0.437. The summed E-state index contributed by atoms with van der Waals surface area (Å²) in [6.45, 7) is 11.5. The van der Waals surface area contributed by atoms with Gasteiger partial charge in [-0.15, -0.1) is 0 Å². The summed E-state index contributed by atoms with van der Waals surface area (Å²) in [5, 5.41) is 0. The largest absolute Gasteiger partial charge is 0.473 e. The fourth-order valence-corrected chi connectivity index (χ4v) is 3.95. The zero-order chi connectivity index (χ0) is 19.0. The van der Waals surface area contributed by atoms with E-state index in [4.69, 9.17) is 4.74 Å². The van der Waals surface area contributed by atoms with E-state index in [-0.39, 0.29) is 6.61 Å². The Labute approximate surface area is 158 Å². The van der Waals surface area contributed by atoms with Crippen molar-refractivity contribution in [3.05, 3.63) is 59.7 Å². The van der Waals surface area contributed by atoms with Crippen LogP contribution in [-0.4, -0.2) is 59.4 Å². The SMILES string of the molecule is C=C1N=C(OCc2ccc(F)c(F)c2)C=C2N1CC1CN(CCC)CCN21. The molecule has 0 spiro atoms. The number of fused-ring (bicyclic) bond motifs is 3. The average Bonchev–Trinajstić information content (AvgIpc) is 3.01. The van der Waals surface area contributed by atoms with Gasteiger partial charge < -0.3 is 14.5 Å². The van der Waals surface area contributed by atoms with E-state index < -0.39 is 11.6 Å². The van der Waals surface area contributed by atoms with Crippen LogP contribution in [0.25, 0.3) is 0 Å². The summed E-state index contributed by atoms with van der Waals surface area (Å²) >= 11 is 0. The number of benzene rings is 1. The van der Waals surface area contributed by atoms with Crippen LogP contribution in [0.1, 0.15) is 18.9 Å². The average molecular weight is 374 g/mol. The molecule has 5 nitrogen and oxygen atoms in total. The highest BCUT2D eigenvalue weighted by Gasteiger charge is 2.40. The zero-order valence-electron chi connectivity index (χ0n) is 15.5. The predicted octanol–water partition coefficient (Wildman–Crippen LogP) is 2.92. The number of halogens is 2. The molecule has 1 unspecified atom stereocenters. The van der Waals surface area contributed by atoms with Crippen molar-refractivity contribution in [1.82, 2.24) is 14.7 Å². The molecule has 0 saturated carbocycles. The normalized spacial score (nSPS) is 22.3. The molecule has 4 rings (SSSR count). The van der Waals surface area contributed by atoms with Gasteiger partial charge in [0.25, 0.3) is 0 Å². The number of piperazine rings is 1. The van der Waals surface area contributed by atoms with Crippen LogP contribution in [0.4, 0.5) is 8.78 Å². The molecule has 0 aromatic heterocycles. The van der Waals surface area contributed by atoms with Gasteiger partial charge in [0.05, 0.1) is 6.04 Å². The quantitative estimate of drug-likeness (QED) is 0.811. The highest BCUT2D eigenvalue weighted by Crippen LogP contribution is 2.33. The lowest BCUT2D eigenvalue weighted by Crippen LogP contribution is -2.50. The lowest BCUT2D eigenvalue weighted by atomic mass is 10.2.